The second kappa shape index (κ2) is 7.06. The van der Waals surface area contributed by atoms with E-state index in [9.17, 15) is 19.5 Å². The number of carboxylic acid groups (broad SMARTS) is 1. The Bertz CT molecular complexity index is 559. The second-order valence-corrected chi connectivity index (χ2v) is 5.29. The molecule has 0 bridgehead atoms. The number of nitrogens with zero attached hydrogens (tertiary/aromatic N) is 1. The van der Waals surface area contributed by atoms with Gasteiger partial charge in [-0.05, 0) is 18.4 Å². The smallest absolute Gasteiger partial charge is 0.326 e. The minimum atomic E-state index is -1.00. The van der Waals surface area contributed by atoms with Gasteiger partial charge in [0.05, 0.1) is 0 Å². The highest BCUT2D eigenvalue weighted by Gasteiger charge is 2.37. The van der Waals surface area contributed by atoms with Crippen molar-refractivity contribution in [1.29, 1.82) is 0 Å². The van der Waals surface area contributed by atoms with Crippen molar-refractivity contribution >= 4 is 17.8 Å². The van der Waals surface area contributed by atoms with Crippen molar-refractivity contribution in [2.24, 2.45) is 0 Å². The molecule has 1 heterocycles. The highest BCUT2D eigenvalue weighted by molar-refractivity contribution is 5.91. The number of carboxylic acids is 1. The monoisotopic (exact) mass is 304 g/mol. The SMILES string of the molecule is CCC(=O)N[C@@H](C(=O)N1CCC[C@H]1C(=O)O)c1ccccc1. The third-order valence-electron chi connectivity index (χ3n) is 3.83. The van der Waals surface area contributed by atoms with E-state index in [4.69, 9.17) is 0 Å². The van der Waals surface area contributed by atoms with E-state index in [1.54, 1.807) is 31.2 Å². The normalized spacial score (nSPS) is 18.8. The highest BCUT2D eigenvalue weighted by Crippen LogP contribution is 2.23. The molecule has 1 aliphatic heterocycles. The number of carbonyl (C=O) groups excluding carboxylic acids is 2. The summed E-state index contributed by atoms with van der Waals surface area (Å²) in [5.41, 5.74) is 0.658. The molecule has 1 fully saturated rings. The van der Waals surface area contributed by atoms with E-state index in [1.807, 2.05) is 6.07 Å². The van der Waals surface area contributed by atoms with Crippen molar-refractivity contribution in [2.75, 3.05) is 6.54 Å². The van der Waals surface area contributed by atoms with Crippen LogP contribution in [0.4, 0.5) is 0 Å². The number of likely N-dealkylation sites (tertiary alicyclic amines) is 1. The van der Waals surface area contributed by atoms with Crippen LogP contribution in [0, 0.1) is 0 Å². The molecule has 1 aromatic carbocycles. The number of nitrogens with one attached hydrogen (secondary N) is 1. The fourth-order valence-corrected chi connectivity index (χ4v) is 2.65. The Kier molecular flexibility index (Phi) is 5.14. The number of carbonyl (C=O) groups is 3. The molecule has 0 aliphatic carbocycles. The number of aliphatic carboxylic acids is 1. The minimum absolute atomic E-state index is 0.242. The van der Waals surface area contributed by atoms with Crippen LogP contribution >= 0.6 is 0 Å². The molecule has 0 unspecified atom stereocenters. The molecular weight excluding hydrogens is 284 g/mol. The molecule has 0 saturated carbocycles. The van der Waals surface area contributed by atoms with Gasteiger partial charge in [-0.15, -0.1) is 0 Å². The minimum Gasteiger partial charge on any atom is -0.480 e. The van der Waals surface area contributed by atoms with E-state index in [-0.39, 0.29) is 18.2 Å². The lowest BCUT2D eigenvalue weighted by molar-refractivity contribution is -0.149. The van der Waals surface area contributed by atoms with Crippen LogP contribution in [0.25, 0.3) is 0 Å². The number of benzene rings is 1. The molecule has 118 valence electrons. The maximum absolute atomic E-state index is 12.8. The van der Waals surface area contributed by atoms with E-state index in [2.05, 4.69) is 5.32 Å². The lowest BCUT2D eigenvalue weighted by atomic mass is 10.0. The summed E-state index contributed by atoms with van der Waals surface area (Å²) in [6.45, 7) is 2.11. The third kappa shape index (κ3) is 3.44. The molecule has 6 heteroatoms. The summed E-state index contributed by atoms with van der Waals surface area (Å²) in [5, 5.41) is 11.9. The molecule has 0 spiro atoms. The predicted molar refractivity (Wildman–Crippen MR) is 80.0 cm³/mol. The van der Waals surface area contributed by atoms with Crippen molar-refractivity contribution in [3.63, 3.8) is 0 Å². The highest BCUT2D eigenvalue weighted by atomic mass is 16.4. The number of hydrogen-bond donors (Lipinski definition) is 2. The van der Waals surface area contributed by atoms with Crippen LogP contribution in [0.5, 0.6) is 0 Å². The van der Waals surface area contributed by atoms with E-state index in [1.165, 1.54) is 4.90 Å². The van der Waals surface area contributed by atoms with Crippen molar-refractivity contribution in [3.8, 4) is 0 Å². The zero-order valence-corrected chi connectivity index (χ0v) is 12.5. The summed E-state index contributed by atoms with van der Waals surface area (Å²) in [6.07, 6.45) is 1.37. The van der Waals surface area contributed by atoms with Crippen LogP contribution < -0.4 is 5.32 Å². The van der Waals surface area contributed by atoms with Gasteiger partial charge in [-0.3, -0.25) is 9.59 Å². The summed E-state index contributed by atoms with van der Waals surface area (Å²) in [7, 11) is 0. The molecule has 2 N–H and O–H groups in total. The van der Waals surface area contributed by atoms with Gasteiger partial charge < -0.3 is 15.3 Å². The molecule has 0 aromatic heterocycles. The van der Waals surface area contributed by atoms with Crippen LogP contribution in [0.2, 0.25) is 0 Å². The molecule has 6 nitrogen and oxygen atoms in total. The molecule has 1 aliphatic rings. The van der Waals surface area contributed by atoms with Gasteiger partial charge in [-0.2, -0.15) is 0 Å². The largest absolute Gasteiger partial charge is 0.480 e. The zero-order valence-electron chi connectivity index (χ0n) is 12.5. The van der Waals surface area contributed by atoms with Gasteiger partial charge in [-0.25, -0.2) is 4.79 Å². The van der Waals surface area contributed by atoms with Gasteiger partial charge in [-0.1, -0.05) is 37.3 Å². The van der Waals surface area contributed by atoms with E-state index < -0.39 is 18.1 Å². The Morgan fingerprint density at radius 2 is 2.00 bits per heavy atom. The summed E-state index contributed by atoms with van der Waals surface area (Å²) < 4.78 is 0. The standard InChI is InChI=1S/C16H20N2O4/c1-2-13(19)17-14(11-7-4-3-5-8-11)15(20)18-10-6-9-12(18)16(21)22/h3-5,7-8,12,14H,2,6,9-10H2,1H3,(H,17,19)(H,21,22)/t12-,14+/m0/s1. The van der Waals surface area contributed by atoms with Gasteiger partial charge in [0.15, 0.2) is 0 Å². The molecular formula is C16H20N2O4. The first-order chi connectivity index (χ1) is 10.5. The van der Waals surface area contributed by atoms with Crippen molar-refractivity contribution in [1.82, 2.24) is 10.2 Å². The van der Waals surface area contributed by atoms with Crippen LogP contribution in [0.15, 0.2) is 30.3 Å². The maximum atomic E-state index is 12.8. The Morgan fingerprint density at radius 1 is 1.32 bits per heavy atom. The fraction of sp³-hybridized carbons (Fsp3) is 0.438. The fourth-order valence-electron chi connectivity index (χ4n) is 2.65. The van der Waals surface area contributed by atoms with Crippen LogP contribution in [-0.2, 0) is 14.4 Å². The summed E-state index contributed by atoms with van der Waals surface area (Å²) in [5.74, 6) is -1.61. The van der Waals surface area contributed by atoms with Crippen LogP contribution in [-0.4, -0.2) is 40.4 Å². The Balaban J connectivity index is 2.26. The van der Waals surface area contributed by atoms with Gasteiger partial charge in [0, 0.05) is 13.0 Å². The van der Waals surface area contributed by atoms with Crippen molar-refractivity contribution in [2.45, 2.75) is 38.3 Å². The van der Waals surface area contributed by atoms with E-state index in [0.29, 0.717) is 24.9 Å². The first kappa shape index (κ1) is 16.0. The van der Waals surface area contributed by atoms with Crippen LogP contribution in [0.1, 0.15) is 37.8 Å². The maximum Gasteiger partial charge on any atom is 0.326 e. The molecule has 22 heavy (non-hydrogen) atoms. The topological polar surface area (TPSA) is 86.7 Å². The number of amides is 2. The molecule has 2 atom stereocenters. The van der Waals surface area contributed by atoms with Gasteiger partial charge in [0.1, 0.15) is 12.1 Å². The molecule has 0 radical (unpaired) electrons. The summed E-state index contributed by atoms with van der Waals surface area (Å²) in [4.78, 5) is 37.1. The summed E-state index contributed by atoms with van der Waals surface area (Å²) in [6, 6.07) is 7.25. The van der Waals surface area contributed by atoms with Gasteiger partial charge in [0.25, 0.3) is 5.91 Å². The van der Waals surface area contributed by atoms with Crippen molar-refractivity contribution in [3.05, 3.63) is 35.9 Å². The first-order valence-corrected chi connectivity index (χ1v) is 7.42. The Hall–Kier alpha value is -2.37. The second-order valence-electron chi connectivity index (χ2n) is 5.29. The third-order valence-corrected chi connectivity index (χ3v) is 3.83. The zero-order chi connectivity index (χ0) is 16.1. The van der Waals surface area contributed by atoms with Crippen LogP contribution in [0.3, 0.4) is 0 Å². The molecule has 2 rings (SSSR count). The van der Waals surface area contributed by atoms with Gasteiger partial charge >= 0.3 is 5.97 Å². The Labute approximate surface area is 129 Å². The van der Waals surface area contributed by atoms with E-state index in [0.717, 1.165) is 0 Å². The first-order valence-electron chi connectivity index (χ1n) is 7.42. The number of rotatable bonds is 5. The summed E-state index contributed by atoms with van der Waals surface area (Å²) >= 11 is 0. The molecule has 1 aromatic rings. The molecule has 1 saturated heterocycles. The lowest BCUT2D eigenvalue weighted by Crippen LogP contribution is -2.47. The number of hydrogen-bond acceptors (Lipinski definition) is 3. The quantitative estimate of drug-likeness (QED) is 0.859. The molecule has 2 amide bonds. The van der Waals surface area contributed by atoms with Crippen molar-refractivity contribution < 1.29 is 19.5 Å². The van der Waals surface area contributed by atoms with E-state index >= 15 is 0 Å². The lowest BCUT2D eigenvalue weighted by Gasteiger charge is -2.27. The average Bonchev–Trinajstić information content (AvgIpc) is 3.02. The van der Waals surface area contributed by atoms with Gasteiger partial charge in [0.2, 0.25) is 5.91 Å². The Morgan fingerprint density at radius 3 is 2.59 bits per heavy atom. The predicted octanol–water partition coefficient (Wildman–Crippen LogP) is 1.33. The average molecular weight is 304 g/mol.